The molecule has 0 aromatic carbocycles. The van der Waals surface area contributed by atoms with E-state index in [1.165, 1.54) is 11.5 Å². The SMILES string of the molecule is CCS(=O)(=O)c1cc(C(F)(F)F)cnc1-c1nc2cc(C3(C#N)CC3)cnc2n1C. The second kappa shape index (κ2) is 6.50. The zero-order valence-corrected chi connectivity index (χ0v) is 16.8. The molecule has 11 heteroatoms. The molecule has 0 radical (unpaired) electrons. The highest BCUT2D eigenvalue weighted by Crippen LogP contribution is 2.47. The largest absolute Gasteiger partial charge is 0.417 e. The predicted molar refractivity (Wildman–Crippen MR) is 101 cm³/mol. The zero-order chi connectivity index (χ0) is 21.9. The molecule has 0 spiro atoms. The zero-order valence-electron chi connectivity index (χ0n) is 16.0. The average Bonchev–Trinajstić information content (AvgIpc) is 3.45. The van der Waals surface area contributed by atoms with Gasteiger partial charge in [-0.1, -0.05) is 6.92 Å². The number of nitrogens with zero attached hydrogens (tertiary/aromatic N) is 5. The Morgan fingerprint density at radius 1 is 1.23 bits per heavy atom. The Morgan fingerprint density at radius 3 is 2.50 bits per heavy atom. The third-order valence-electron chi connectivity index (χ3n) is 5.33. The van der Waals surface area contributed by atoms with Crippen molar-refractivity contribution in [2.45, 2.75) is 36.3 Å². The standard InChI is InChI=1S/C19H16F3N5O2S/c1-3-30(28,29)14-7-12(19(20,21)22)9-24-15(14)17-26-13-6-11(18(10-23)4-5-18)8-25-16(13)27(17)2/h6-9H,3-5H2,1-2H3. The summed E-state index contributed by atoms with van der Waals surface area (Å²) < 4.78 is 66.0. The molecule has 0 atom stereocenters. The summed E-state index contributed by atoms with van der Waals surface area (Å²) >= 11 is 0. The van der Waals surface area contributed by atoms with Crippen molar-refractivity contribution in [3.05, 3.63) is 35.7 Å². The highest BCUT2D eigenvalue weighted by Gasteiger charge is 2.45. The number of fused-ring (bicyclic) bond motifs is 1. The smallest absolute Gasteiger partial charge is 0.310 e. The first kappa shape index (κ1) is 20.3. The molecule has 1 aliphatic rings. The number of halogens is 3. The number of sulfone groups is 1. The minimum atomic E-state index is -4.73. The molecule has 3 heterocycles. The number of hydrogen-bond acceptors (Lipinski definition) is 6. The van der Waals surface area contributed by atoms with Crippen LogP contribution >= 0.6 is 0 Å². The van der Waals surface area contributed by atoms with Gasteiger partial charge in [0.25, 0.3) is 0 Å². The monoisotopic (exact) mass is 435 g/mol. The fraction of sp³-hybridized carbons (Fsp3) is 0.368. The van der Waals surface area contributed by atoms with E-state index < -0.39 is 31.9 Å². The molecule has 4 rings (SSSR count). The van der Waals surface area contributed by atoms with Gasteiger partial charge in [-0.05, 0) is 30.5 Å². The highest BCUT2D eigenvalue weighted by atomic mass is 32.2. The van der Waals surface area contributed by atoms with Gasteiger partial charge in [0.05, 0.1) is 27.7 Å². The lowest BCUT2D eigenvalue weighted by atomic mass is 10.00. The molecule has 156 valence electrons. The Kier molecular flexibility index (Phi) is 4.39. The number of rotatable bonds is 4. The summed E-state index contributed by atoms with van der Waals surface area (Å²) in [4.78, 5) is 12.0. The number of pyridine rings is 2. The molecule has 1 saturated carbocycles. The first-order valence-electron chi connectivity index (χ1n) is 9.07. The van der Waals surface area contributed by atoms with Gasteiger partial charge >= 0.3 is 6.18 Å². The van der Waals surface area contributed by atoms with Gasteiger partial charge in [0.15, 0.2) is 21.3 Å². The molecule has 0 unspecified atom stereocenters. The number of imidazole rings is 1. The number of hydrogen-bond donors (Lipinski definition) is 0. The summed E-state index contributed by atoms with van der Waals surface area (Å²) in [6, 6.07) is 4.57. The molecule has 3 aromatic rings. The van der Waals surface area contributed by atoms with Gasteiger partial charge in [-0.3, -0.25) is 4.98 Å². The van der Waals surface area contributed by atoms with Crippen LogP contribution < -0.4 is 0 Å². The number of aromatic nitrogens is 4. The Balaban J connectivity index is 1.94. The summed E-state index contributed by atoms with van der Waals surface area (Å²) in [5.74, 6) is -0.308. The molecule has 7 nitrogen and oxygen atoms in total. The molecule has 0 bridgehead atoms. The quantitative estimate of drug-likeness (QED) is 0.623. The van der Waals surface area contributed by atoms with Gasteiger partial charge in [0.2, 0.25) is 0 Å². The molecule has 0 amide bonds. The molecule has 0 saturated heterocycles. The molecular formula is C19H16F3N5O2S. The normalized spacial score (nSPS) is 15.9. The number of aryl methyl sites for hydroxylation is 1. The van der Waals surface area contributed by atoms with Gasteiger partial charge in [-0.25, -0.2) is 18.4 Å². The fourth-order valence-electron chi connectivity index (χ4n) is 3.30. The van der Waals surface area contributed by atoms with Crippen molar-refractivity contribution >= 4 is 21.0 Å². The van der Waals surface area contributed by atoms with Crippen molar-refractivity contribution < 1.29 is 21.6 Å². The summed E-state index contributed by atoms with van der Waals surface area (Å²) in [5.41, 5.74) is -0.376. The Hall–Kier alpha value is -3.00. The van der Waals surface area contributed by atoms with Crippen LogP contribution in [0, 0.1) is 11.3 Å². The van der Waals surface area contributed by atoms with Crippen LogP contribution in [0.5, 0.6) is 0 Å². The van der Waals surface area contributed by atoms with E-state index in [0.717, 1.165) is 12.8 Å². The first-order valence-corrected chi connectivity index (χ1v) is 10.7. The van der Waals surface area contributed by atoms with Gasteiger partial charge in [0.1, 0.15) is 11.2 Å². The minimum absolute atomic E-state index is 0.0807. The van der Waals surface area contributed by atoms with Gasteiger partial charge < -0.3 is 4.57 Å². The Morgan fingerprint density at radius 2 is 1.93 bits per heavy atom. The van der Waals surface area contributed by atoms with E-state index in [9.17, 15) is 26.9 Å². The van der Waals surface area contributed by atoms with Crippen LogP contribution in [0.1, 0.15) is 30.9 Å². The van der Waals surface area contributed by atoms with Crippen LogP contribution in [0.2, 0.25) is 0 Å². The Labute approximate surface area is 170 Å². The van der Waals surface area contributed by atoms with Crippen molar-refractivity contribution in [2.24, 2.45) is 7.05 Å². The van der Waals surface area contributed by atoms with Crippen LogP contribution in [-0.2, 0) is 28.5 Å². The third kappa shape index (κ3) is 3.11. The van der Waals surface area contributed by atoms with Gasteiger partial charge in [-0.2, -0.15) is 18.4 Å². The van der Waals surface area contributed by atoms with Gasteiger partial charge in [-0.15, -0.1) is 0 Å². The topological polar surface area (TPSA) is 102 Å². The van der Waals surface area contributed by atoms with Crippen LogP contribution in [0.15, 0.2) is 29.4 Å². The lowest BCUT2D eigenvalue weighted by molar-refractivity contribution is -0.138. The molecule has 0 aliphatic heterocycles. The lowest BCUT2D eigenvalue weighted by Gasteiger charge is -2.12. The van der Waals surface area contributed by atoms with E-state index in [4.69, 9.17) is 0 Å². The van der Waals surface area contributed by atoms with Crippen LogP contribution in [0.4, 0.5) is 13.2 Å². The maximum absolute atomic E-state index is 13.1. The molecule has 3 aromatic heterocycles. The lowest BCUT2D eigenvalue weighted by Crippen LogP contribution is -2.13. The molecular weight excluding hydrogens is 419 g/mol. The summed E-state index contributed by atoms with van der Waals surface area (Å²) in [6.07, 6.45) is -1.13. The molecule has 1 aliphatic carbocycles. The fourth-order valence-corrected chi connectivity index (χ4v) is 4.36. The summed E-state index contributed by atoms with van der Waals surface area (Å²) in [7, 11) is -2.44. The second-order valence-corrected chi connectivity index (χ2v) is 9.47. The predicted octanol–water partition coefficient (Wildman–Crippen LogP) is 3.40. The summed E-state index contributed by atoms with van der Waals surface area (Å²) in [6.45, 7) is 1.35. The van der Waals surface area contributed by atoms with E-state index >= 15 is 0 Å². The van der Waals surface area contributed by atoms with Crippen molar-refractivity contribution in [3.8, 4) is 17.6 Å². The van der Waals surface area contributed by atoms with E-state index in [1.807, 2.05) is 0 Å². The second-order valence-electron chi connectivity index (χ2n) is 7.23. The third-order valence-corrected chi connectivity index (χ3v) is 7.07. The van der Waals surface area contributed by atoms with E-state index in [1.54, 1.807) is 19.3 Å². The van der Waals surface area contributed by atoms with Crippen LogP contribution in [0.25, 0.3) is 22.7 Å². The average molecular weight is 435 g/mol. The van der Waals surface area contributed by atoms with Gasteiger partial charge in [0, 0.05) is 19.4 Å². The maximum atomic E-state index is 13.1. The minimum Gasteiger partial charge on any atom is -0.310 e. The summed E-state index contributed by atoms with van der Waals surface area (Å²) in [5, 5.41) is 9.39. The Bertz CT molecular complexity index is 1320. The maximum Gasteiger partial charge on any atom is 0.417 e. The number of alkyl halides is 3. The molecule has 1 fully saturated rings. The van der Waals surface area contributed by atoms with E-state index in [0.29, 0.717) is 29.0 Å². The van der Waals surface area contributed by atoms with Crippen molar-refractivity contribution in [1.82, 2.24) is 19.5 Å². The van der Waals surface area contributed by atoms with Crippen molar-refractivity contribution in [1.29, 1.82) is 5.26 Å². The van der Waals surface area contributed by atoms with E-state index in [-0.39, 0.29) is 17.3 Å². The van der Waals surface area contributed by atoms with Crippen molar-refractivity contribution in [2.75, 3.05) is 5.75 Å². The first-order chi connectivity index (χ1) is 14.0. The molecule has 0 N–H and O–H groups in total. The highest BCUT2D eigenvalue weighted by molar-refractivity contribution is 7.91. The van der Waals surface area contributed by atoms with E-state index in [2.05, 4.69) is 21.0 Å². The van der Waals surface area contributed by atoms with Crippen LogP contribution in [0.3, 0.4) is 0 Å². The number of nitriles is 1. The van der Waals surface area contributed by atoms with Crippen molar-refractivity contribution in [3.63, 3.8) is 0 Å². The van der Waals surface area contributed by atoms with Crippen LogP contribution in [-0.4, -0.2) is 33.7 Å². The molecule has 30 heavy (non-hydrogen) atoms.